The number of nitriles is 1. The molecule has 0 aliphatic carbocycles. The van der Waals surface area contributed by atoms with Crippen molar-refractivity contribution in [3.05, 3.63) is 102 Å². The second-order valence-electron chi connectivity index (χ2n) is 11.1. The van der Waals surface area contributed by atoms with Gasteiger partial charge >= 0.3 is 6.03 Å². The van der Waals surface area contributed by atoms with Crippen LogP contribution in [0.4, 0.5) is 10.5 Å². The topological polar surface area (TPSA) is 114 Å². The van der Waals surface area contributed by atoms with E-state index in [4.69, 9.17) is 0 Å². The van der Waals surface area contributed by atoms with Crippen LogP contribution in [0, 0.1) is 11.3 Å². The van der Waals surface area contributed by atoms with Crippen molar-refractivity contribution in [1.82, 2.24) is 15.5 Å². The number of rotatable bonds is 6. The van der Waals surface area contributed by atoms with Crippen molar-refractivity contribution in [2.75, 3.05) is 11.9 Å². The molecule has 40 heavy (non-hydrogen) atoms. The van der Waals surface area contributed by atoms with Crippen LogP contribution in [0.3, 0.4) is 0 Å². The molecule has 8 heteroatoms. The van der Waals surface area contributed by atoms with E-state index in [0.29, 0.717) is 24.1 Å². The standard InChI is InChI=1S/C32H35N5O3/c1-32(2,3)36-29(38)21-37-28(24-14-8-5-9-15-24)19-25(23-12-6-4-7-13-23)18-27(30(37)39)35-31(40)34-26-16-10-11-22(17-26)20-33/h4-17,25,27-28H,18-19,21H2,1-3H3,(H,36,38)(H2,34,35,40). The summed E-state index contributed by atoms with van der Waals surface area (Å²) in [7, 11) is 0. The highest BCUT2D eigenvalue weighted by Crippen LogP contribution is 2.39. The summed E-state index contributed by atoms with van der Waals surface area (Å²) in [5, 5.41) is 17.8. The van der Waals surface area contributed by atoms with Gasteiger partial charge in [-0.2, -0.15) is 5.26 Å². The molecule has 4 amide bonds. The van der Waals surface area contributed by atoms with E-state index in [9.17, 15) is 19.6 Å². The van der Waals surface area contributed by atoms with E-state index in [0.717, 1.165) is 11.1 Å². The number of benzene rings is 3. The van der Waals surface area contributed by atoms with Gasteiger partial charge in [-0.15, -0.1) is 0 Å². The van der Waals surface area contributed by atoms with E-state index in [2.05, 4.69) is 22.0 Å². The van der Waals surface area contributed by atoms with Crippen molar-refractivity contribution in [2.45, 2.75) is 57.2 Å². The van der Waals surface area contributed by atoms with Gasteiger partial charge in [0.05, 0.1) is 17.7 Å². The first-order valence-electron chi connectivity index (χ1n) is 13.4. The van der Waals surface area contributed by atoms with Crippen LogP contribution in [0.2, 0.25) is 0 Å². The maximum absolute atomic E-state index is 14.2. The number of carbonyl (C=O) groups is 3. The monoisotopic (exact) mass is 537 g/mol. The Hall–Kier alpha value is -4.64. The van der Waals surface area contributed by atoms with Crippen molar-refractivity contribution in [3.8, 4) is 6.07 Å². The Morgan fingerprint density at radius 3 is 2.20 bits per heavy atom. The highest BCUT2D eigenvalue weighted by molar-refractivity contribution is 5.95. The summed E-state index contributed by atoms with van der Waals surface area (Å²) in [6.45, 7) is 5.54. The zero-order valence-corrected chi connectivity index (χ0v) is 23.1. The molecule has 4 rings (SSSR count). The van der Waals surface area contributed by atoms with E-state index in [-0.39, 0.29) is 30.3 Å². The molecule has 0 radical (unpaired) electrons. The van der Waals surface area contributed by atoms with Gasteiger partial charge in [0.2, 0.25) is 11.8 Å². The number of hydrogen-bond acceptors (Lipinski definition) is 4. The maximum atomic E-state index is 14.2. The molecule has 0 aromatic heterocycles. The van der Waals surface area contributed by atoms with Crippen LogP contribution >= 0.6 is 0 Å². The van der Waals surface area contributed by atoms with E-state index in [1.54, 1.807) is 29.2 Å². The lowest BCUT2D eigenvalue weighted by atomic mass is 9.86. The summed E-state index contributed by atoms with van der Waals surface area (Å²) in [5.41, 5.74) is 2.39. The molecule has 0 spiro atoms. The van der Waals surface area contributed by atoms with Crippen molar-refractivity contribution in [1.29, 1.82) is 5.26 Å². The number of anilines is 1. The third-order valence-electron chi connectivity index (χ3n) is 6.82. The van der Waals surface area contributed by atoms with Crippen LogP contribution in [0.5, 0.6) is 0 Å². The second kappa shape index (κ2) is 12.5. The minimum atomic E-state index is -0.875. The van der Waals surface area contributed by atoms with Gasteiger partial charge in [0.15, 0.2) is 0 Å². The van der Waals surface area contributed by atoms with Crippen LogP contribution in [-0.2, 0) is 9.59 Å². The molecule has 206 valence electrons. The zero-order chi connectivity index (χ0) is 28.7. The average Bonchev–Trinajstić information content (AvgIpc) is 3.05. The van der Waals surface area contributed by atoms with Crippen LogP contribution < -0.4 is 16.0 Å². The molecular weight excluding hydrogens is 502 g/mol. The van der Waals surface area contributed by atoms with Gasteiger partial charge in [-0.1, -0.05) is 66.7 Å². The Balaban J connectivity index is 1.68. The van der Waals surface area contributed by atoms with Crippen LogP contribution in [-0.4, -0.2) is 40.9 Å². The van der Waals surface area contributed by atoms with Gasteiger partial charge in [0, 0.05) is 11.2 Å². The van der Waals surface area contributed by atoms with Gasteiger partial charge in [0.1, 0.15) is 12.6 Å². The highest BCUT2D eigenvalue weighted by atomic mass is 16.2. The van der Waals surface area contributed by atoms with Gasteiger partial charge in [0.25, 0.3) is 0 Å². The number of amides is 4. The zero-order valence-electron chi connectivity index (χ0n) is 23.1. The van der Waals surface area contributed by atoms with Gasteiger partial charge in [-0.3, -0.25) is 9.59 Å². The molecule has 1 fully saturated rings. The summed E-state index contributed by atoms with van der Waals surface area (Å²) in [6.07, 6.45) is 0.960. The Morgan fingerprint density at radius 1 is 0.925 bits per heavy atom. The molecule has 3 aromatic carbocycles. The van der Waals surface area contributed by atoms with Crippen molar-refractivity contribution >= 4 is 23.5 Å². The normalized spacial score (nSPS) is 19.2. The van der Waals surface area contributed by atoms with Crippen LogP contribution in [0.15, 0.2) is 84.9 Å². The molecule has 3 unspecified atom stereocenters. The SMILES string of the molecule is CC(C)(C)NC(=O)CN1C(=O)C(NC(=O)Nc2cccc(C#N)c2)CC(c2ccccc2)CC1c1ccccc1. The van der Waals surface area contributed by atoms with Crippen molar-refractivity contribution in [2.24, 2.45) is 0 Å². The molecule has 3 N–H and O–H groups in total. The lowest BCUT2D eigenvalue weighted by Gasteiger charge is -2.33. The van der Waals surface area contributed by atoms with Gasteiger partial charge < -0.3 is 20.9 Å². The first-order valence-corrected chi connectivity index (χ1v) is 13.4. The fourth-order valence-corrected chi connectivity index (χ4v) is 5.13. The van der Waals surface area contributed by atoms with E-state index >= 15 is 0 Å². The summed E-state index contributed by atoms with van der Waals surface area (Å²) in [6, 6.07) is 26.5. The molecule has 0 bridgehead atoms. The number of nitrogens with one attached hydrogen (secondary N) is 3. The minimum absolute atomic E-state index is 0.0572. The highest BCUT2D eigenvalue weighted by Gasteiger charge is 2.40. The molecular formula is C32H35N5O3. The first-order chi connectivity index (χ1) is 19.1. The third-order valence-corrected chi connectivity index (χ3v) is 6.82. The molecule has 1 saturated heterocycles. The van der Waals surface area contributed by atoms with E-state index in [1.165, 1.54) is 0 Å². The van der Waals surface area contributed by atoms with Crippen LogP contribution in [0.25, 0.3) is 0 Å². The molecule has 3 atom stereocenters. The summed E-state index contributed by atoms with van der Waals surface area (Å²) < 4.78 is 0. The lowest BCUT2D eigenvalue weighted by molar-refractivity contribution is -0.139. The third kappa shape index (κ3) is 7.48. The summed E-state index contributed by atoms with van der Waals surface area (Å²) >= 11 is 0. The summed E-state index contributed by atoms with van der Waals surface area (Å²) in [4.78, 5) is 42.0. The number of carbonyl (C=O) groups excluding carboxylic acids is 3. The van der Waals surface area contributed by atoms with Crippen molar-refractivity contribution in [3.63, 3.8) is 0 Å². The minimum Gasteiger partial charge on any atom is -0.350 e. The number of nitrogens with zero attached hydrogens (tertiary/aromatic N) is 2. The Bertz CT molecular complexity index is 1380. The Kier molecular flexibility index (Phi) is 8.85. The molecule has 3 aromatic rings. The summed E-state index contributed by atoms with van der Waals surface area (Å²) in [5.74, 6) is -0.646. The molecule has 1 aliphatic rings. The Morgan fingerprint density at radius 2 is 1.57 bits per heavy atom. The fraction of sp³-hybridized carbons (Fsp3) is 0.312. The van der Waals surface area contributed by atoms with Crippen LogP contribution in [0.1, 0.15) is 62.3 Å². The maximum Gasteiger partial charge on any atom is 0.319 e. The second-order valence-corrected chi connectivity index (χ2v) is 11.1. The quantitative estimate of drug-likeness (QED) is 0.405. The number of urea groups is 1. The number of likely N-dealkylation sites (tertiary alicyclic amines) is 1. The van der Waals surface area contributed by atoms with Crippen molar-refractivity contribution < 1.29 is 14.4 Å². The average molecular weight is 538 g/mol. The van der Waals surface area contributed by atoms with E-state index in [1.807, 2.05) is 81.4 Å². The van der Waals surface area contributed by atoms with E-state index < -0.39 is 17.6 Å². The lowest BCUT2D eigenvalue weighted by Crippen LogP contribution is -2.53. The van der Waals surface area contributed by atoms with Gasteiger partial charge in [-0.25, -0.2) is 4.79 Å². The molecule has 1 heterocycles. The Labute approximate surface area is 235 Å². The number of hydrogen-bond donors (Lipinski definition) is 3. The molecule has 0 saturated carbocycles. The largest absolute Gasteiger partial charge is 0.350 e. The molecule has 8 nitrogen and oxygen atoms in total. The predicted molar refractivity (Wildman–Crippen MR) is 154 cm³/mol. The smallest absolute Gasteiger partial charge is 0.319 e. The fourth-order valence-electron chi connectivity index (χ4n) is 5.13. The van der Waals surface area contributed by atoms with Gasteiger partial charge in [-0.05, 0) is 68.9 Å². The first kappa shape index (κ1) is 28.4. The molecule has 1 aliphatic heterocycles. The predicted octanol–water partition coefficient (Wildman–Crippen LogP) is 5.11.